The van der Waals surface area contributed by atoms with Gasteiger partial charge in [-0.15, -0.1) is 0 Å². The van der Waals surface area contributed by atoms with Gasteiger partial charge in [0.25, 0.3) is 0 Å². The van der Waals surface area contributed by atoms with Gasteiger partial charge < -0.3 is 4.90 Å². The Hall–Kier alpha value is -1.60. The fourth-order valence-corrected chi connectivity index (χ4v) is 5.80. The molecule has 1 saturated heterocycles. The molecule has 0 aromatic heterocycles. The number of halogens is 2. The zero-order valence-corrected chi connectivity index (χ0v) is 18.7. The van der Waals surface area contributed by atoms with E-state index in [0.29, 0.717) is 17.9 Å². The number of amides is 1. The molecule has 1 aliphatic rings. The quantitative estimate of drug-likeness (QED) is 0.662. The maximum Gasteiger partial charge on any atom is 0.244 e. The van der Waals surface area contributed by atoms with E-state index >= 15 is 0 Å². The van der Waals surface area contributed by atoms with Crippen molar-refractivity contribution in [3.8, 4) is 0 Å². The van der Waals surface area contributed by atoms with Gasteiger partial charge in [-0.2, -0.15) is 4.31 Å². The summed E-state index contributed by atoms with van der Waals surface area (Å²) in [6.07, 6.45) is 0.949. The zero-order chi connectivity index (χ0) is 21.2. The summed E-state index contributed by atoms with van der Waals surface area (Å²) in [7, 11) is -1.95. The summed E-state index contributed by atoms with van der Waals surface area (Å²) >= 11 is 12.0. The molecule has 1 unspecified atom stereocenters. The maximum atomic E-state index is 13.0. The highest BCUT2D eigenvalue weighted by molar-refractivity contribution is 7.89. The number of carbonyl (C=O) groups is 1. The predicted octanol–water partition coefficient (Wildman–Crippen LogP) is 4.61. The van der Waals surface area contributed by atoms with Crippen LogP contribution in [-0.4, -0.2) is 43.7 Å². The summed E-state index contributed by atoms with van der Waals surface area (Å²) < 4.78 is 27.3. The van der Waals surface area contributed by atoms with Crippen LogP contribution in [0.25, 0.3) is 0 Å². The molecule has 29 heavy (non-hydrogen) atoms. The number of benzene rings is 2. The van der Waals surface area contributed by atoms with Crippen LogP contribution < -0.4 is 0 Å². The Morgan fingerprint density at radius 3 is 2.34 bits per heavy atom. The number of hydrogen-bond acceptors (Lipinski definition) is 3. The van der Waals surface area contributed by atoms with Crippen LogP contribution in [-0.2, 0) is 14.8 Å². The molecule has 0 bridgehead atoms. The van der Waals surface area contributed by atoms with Crippen molar-refractivity contribution in [3.05, 3.63) is 64.1 Å². The third-order valence-corrected chi connectivity index (χ3v) is 8.14. The van der Waals surface area contributed by atoms with E-state index < -0.39 is 10.0 Å². The molecule has 0 spiro atoms. The second kappa shape index (κ2) is 9.04. The topological polar surface area (TPSA) is 57.7 Å². The predicted molar refractivity (Wildman–Crippen MR) is 116 cm³/mol. The molecule has 0 N–H and O–H groups in total. The minimum absolute atomic E-state index is 0.00580. The second-order valence-electron chi connectivity index (χ2n) is 7.29. The van der Waals surface area contributed by atoms with E-state index in [2.05, 4.69) is 0 Å². The summed E-state index contributed by atoms with van der Waals surface area (Å²) in [4.78, 5) is 14.7. The molecule has 1 atom stereocenters. The lowest BCUT2D eigenvalue weighted by Crippen LogP contribution is -2.44. The van der Waals surface area contributed by atoms with Crippen LogP contribution in [0.15, 0.2) is 53.4 Å². The van der Waals surface area contributed by atoms with Crippen LogP contribution in [0.3, 0.4) is 0 Å². The monoisotopic (exact) mass is 454 g/mol. The molecular weight excluding hydrogens is 431 g/mol. The molecule has 8 heteroatoms. The molecule has 0 radical (unpaired) electrons. The van der Waals surface area contributed by atoms with Gasteiger partial charge in [0.1, 0.15) is 4.90 Å². The molecular formula is C21H24Cl2N2O3S. The van der Waals surface area contributed by atoms with Crippen molar-refractivity contribution in [3.63, 3.8) is 0 Å². The fraction of sp³-hybridized carbons (Fsp3) is 0.381. The Bertz CT molecular complexity index is 975. The van der Waals surface area contributed by atoms with Crippen molar-refractivity contribution in [2.75, 3.05) is 20.1 Å². The fourth-order valence-electron chi connectivity index (χ4n) is 3.59. The highest BCUT2D eigenvalue weighted by Crippen LogP contribution is 2.31. The van der Waals surface area contributed by atoms with E-state index in [4.69, 9.17) is 23.2 Å². The SMILES string of the molecule is CC(c1ccccc1)N(C)C(=O)C1CCN(S(=O)(=O)c2cc(Cl)ccc2Cl)CC1. The van der Waals surface area contributed by atoms with Gasteiger partial charge in [-0.05, 0) is 43.5 Å². The molecule has 2 aromatic rings. The highest BCUT2D eigenvalue weighted by atomic mass is 35.5. The minimum Gasteiger partial charge on any atom is -0.339 e. The first-order chi connectivity index (χ1) is 13.7. The van der Waals surface area contributed by atoms with Gasteiger partial charge in [0.15, 0.2) is 0 Å². The molecule has 1 heterocycles. The highest BCUT2D eigenvalue weighted by Gasteiger charge is 2.35. The van der Waals surface area contributed by atoms with Gasteiger partial charge in [0.05, 0.1) is 11.1 Å². The number of hydrogen-bond donors (Lipinski definition) is 0. The van der Waals surface area contributed by atoms with E-state index in [0.717, 1.165) is 5.56 Å². The number of rotatable bonds is 5. The number of piperidine rings is 1. The van der Waals surface area contributed by atoms with Crippen molar-refractivity contribution < 1.29 is 13.2 Å². The Balaban J connectivity index is 1.67. The maximum absolute atomic E-state index is 13.0. The largest absolute Gasteiger partial charge is 0.339 e. The Labute approximate surface area is 182 Å². The summed E-state index contributed by atoms with van der Waals surface area (Å²) in [5, 5.41) is 0.457. The average molecular weight is 455 g/mol. The summed E-state index contributed by atoms with van der Waals surface area (Å²) in [6.45, 7) is 2.54. The summed E-state index contributed by atoms with van der Waals surface area (Å²) in [5.41, 5.74) is 1.07. The molecule has 0 aliphatic carbocycles. The third kappa shape index (κ3) is 4.77. The normalized spacial score (nSPS) is 17.1. The second-order valence-corrected chi connectivity index (χ2v) is 10.0. The van der Waals surface area contributed by atoms with Crippen molar-refractivity contribution in [1.82, 2.24) is 9.21 Å². The molecule has 3 rings (SSSR count). The minimum atomic E-state index is -3.75. The van der Waals surface area contributed by atoms with Crippen LogP contribution in [0.2, 0.25) is 10.0 Å². The Morgan fingerprint density at radius 2 is 1.72 bits per heavy atom. The van der Waals surface area contributed by atoms with E-state index in [9.17, 15) is 13.2 Å². The number of carbonyl (C=O) groups excluding carboxylic acids is 1. The van der Waals surface area contributed by atoms with Gasteiger partial charge in [0.2, 0.25) is 15.9 Å². The molecule has 1 aliphatic heterocycles. The molecule has 5 nitrogen and oxygen atoms in total. The lowest BCUT2D eigenvalue weighted by Gasteiger charge is -2.34. The number of sulfonamides is 1. The van der Waals surface area contributed by atoms with Crippen molar-refractivity contribution in [2.24, 2.45) is 5.92 Å². The van der Waals surface area contributed by atoms with Crippen molar-refractivity contribution >= 4 is 39.1 Å². The van der Waals surface area contributed by atoms with Gasteiger partial charge in [-0.3, -0.25) is 4.79 Å². The Morgan fingerprint density at radius 1 is 1.10 bits per heavy atom. The first-order valence-corrected chi connectivity index (χ1v) is 11.7. The third-order valence-electron chi connectivity index (χ3n) is 5.52. The molecule has 1 fully saturated rings. The summed E-state index contributed by atoms with van der Waals surface area (Å²) in [5.74, 6) is -0.161. The summed E-state index contributed by atoms with van der Waals surface area (Å²) in [6, 6.07) is 14.2. The molecule has 1 amide bonds. The lowest BCUT2D eigenvalue weighted by atomic mass is 9.95. The number of nitrogens with zero attached hydrogens (tertiary/aromatic N) is 2. The van der Waals surface area contributed by atoms with E-state index in [1.807, 2.05) is 37.3 Å². The average Bonchev–Trinajstić information content (AvgIpc) is 2.74. The van der Waals surface area contributed by atoms with E-state index in [-0.39, 0.29) is 40.9 Å². The first-order valence-electron chi connectivity index (χ1n) is 9.48. The van der Waals surface area contributed by atoms with Gasteiger partial charge >= 0.3 is 0 Å². The Kier molecular flexibility index (Phi) is 6.89. The van der Waals surface area contributed by atoms with E-state index in [1.165, 1.54) is 16.4 Å². The smallest absolute Gasteiger partial charge is 0.244 e. The van der Waals surface area contributed by atoms with Crippen LogP contribution in [0.1, 0.15) is 31.4 Å². The molecule has 2 aromatic carbocycles. The van der Waals surface area contributed by atoms with E-state index in [1.54, 1.807) is 18.0 Å². The van der Waals surface area contributed by atoms with Gasteiger partial charge in [0, 0.05) is 31.1 Å². The first kappa shape index (κ1) is 22.1. The zero-order valence-electron chi connectivity index (χ0n) is 16.4. The van der Waals surface area contributed by atoms with Crippen molar-refractivity contribution in [2.45, 2.75) is 30.7 Å². The van der Waals surface area contributed by atoms with Crippen molar-refractivity contribution in [1.29, 1.82) is 0 Å². The van der Waals surface area contributed by atoms with Crippen LogP contribution in [0.5, 0.6) is 0 Å². The lowest BCUT2D eigenvalue weighted by molar-refractivity contribution is -0.137. The standard InChI is InChI=1S/C21H24Cl2N2O3S/c1-15(16-6-4-3-5-7-16)24(2)21(26)17-10-12-25(13-11-17)29(27,28)20-14-18(22)8-9-19(20)23/h3-9,14-15,17H,10-13H2,1-2H3. The van der Waals surface area contributed by atoms with Gasteiger partial charge in [-0.25, -0.2) is 8.42 Å². The molecule has 156 valence electrons. The van der Waals surface area contributed by atoms with Crippen LogP contribution >= 0.6 is 23.2 Å². The van der Waals surface area contributed by atoms with Gasteiger partial charge in [-0.1, -0.05) is 53.5 Å². The van der Waals surface area contributed by atoms with Crippen LogP contribution in [0, 0.1) is 5.92 Å². The molecule has 0 saturated carbocycles. The van der Waals surface area contributed by atoms with Crippen LogP contribution in [0.4, 0.5) is 0 Å².